The molecule has 4 rings (SSSR count). The maximum atomic E-state index is 13.1. The Morgan fingerprint density at radius 3 is 2.88 bits per heavy atom. The summed E-state index contributed by atoms with van der Waals surface area (Å²) in [4.78, 5) is 19.6. The molecule has 3 aromatic rings. The van der Waals surface area contributed by atoms with E-state index >= 15 is 0 Å². The highest BCUT2D eigenvalue weighted by atomic mass is 16.3. The molecule has 4 heterocycles. The molecule has 0 saturated carbocycles. The van der Waals surface area contributed by atoms with Gasteiger partial charge in [0.15, 0.2) is 5.76 Å². The number of carbonyl (C=O) groups is 1. The quantitative estimate of drug-likeness (QED) is 0.736. The number of aromatic nitrogens is 3. The molecule has 0 bridgehead atoms. The first kappa shape index (κ1) is 15.6. The van der Waals surface area contributed by atoms with Crippen molar-refractivity contribution in [3.8, 4) is 11.5 Å². The van der Waals surface area contributed by atoms with Crippen LogP contribution in [0.1, 0.15) is 40.5 Å². The average Bonchev–Trinajstić information content (AvgIpc) is 3.35. The number of hydrogen-bond acceptors (Lipinski definition) is 4. The summed E-state index contributed by atoms with van der Waals surface area (Å²) in [5.74, 6) is 0.735. The Morgan fingerprint density at radius 2 is 2.20 bits per heavy atom. The van der Waals surface area contributed by atoms with Gasteiger partial charge in [-0.3, -0.25) is 9.48 Å². The van der Waals surface area contributed by atoms with Gasteiger partial charge in [0, 0.05) is 25.4 Å². The summed E-state index contributed by atoms with van der Waals surface area (Å²) >= 11 is 0. The molecule has 0 N–H and O–H groups in total. The van der Waals surface area contributed by atoms with E-state index in [0.717, 1.165) is 36.3 Å². The first-order valence-electron chi connectivity index (χ1n) is 8.44. The van der Waals surface area contributed by atoms with Gasteiger partial charge < -0.3 is 9.32 Å². The van der Waals surface area contributed by atoms with Gasteiger partial charge in [0.1, 0.15) is 5.69 Å². The molecular weight excluding hydrogens is 316 g/mol. The van der Waals surface area contributed by atoms with Crippen molar-refractivity contribution in [1.82, 2.24) is 19.7 Å². The number of carbonyl (C=O) groups excluding carboxylic acids is 1. The van der Waals surface area contributed by atoms with Crippen molar-refractivity contribution >= 4 is 5.91 Å². The van der Waals surface area contributed by atoms with Gasteiger partial charge in [-0.15, -0.1) is 0 Å². The van der Waals surface area contributed by atoms with Crippen molar-refractivity contribution in [2.45, 2.75) is 25.8 Å². The number of nitrogens with zero attached hydrogens (tertiary/aromatic N) is 4. The van der Waals surface area contributed by atoms with Crippen LogP contribution in [-0.2, 0) is 7.05 Å². The van der Waals surface area contributed by atoms with Gasteiger partial charge in [-0.1, -0.05) is 0 Å². The molecule has 1 atom stereocenters. The minimum Gasteiger partial charge on any atom is -0.463 e. The lowest BCUT2D eigenvalue weighted by atomic mass is 10.1. The van der Waals surface area contributed by atoms with Gasteiger partial charge in [0.25, 0.3) is 5.91 Å². The van der Waals surface area contributed by atoms with Crippen LogP contribution in [-0.4, -0.2) is 32.1 Å². The van der Waals surface area contributed by atoms with Crippen LogP contribution in [0, 0.1) is 6.92 Å². The monoisotopic (exact) mass is 336 g/mol. The Balaban J connectivity index is 1.62. The van der Waals surface area contributed by atoms with Crippen molar-refractivity contribution in [2.75, 3.05) is 6.54 Å². The van der Waals surface area contributed by atoms with E-state index in [1.165, 1.54) is 0 Å². The van der Waals surface area contributed by atoms with Crippen LogP contribution in [0.3, 0.4) is 0 Å². The second-order valence-electron chi connectivity index (χ2n) is 6.41. The molecule has 0 aromatic carbocycles. The standard InChI is InChI=1S/C19H20N4O2/c1-13-15(7-8-16(21-13)18-6-4-10-25-18)19(24)23-9-3-5-17(23)14-11-20-22(2)12-14/h4,6-8,10-12,17H,3,5,9H2,1-2H3/t17-/m0/s1. The van der Waals surface area contributed by atoms with Gasteiger partial charge in [-0.05, 0) is 44.0 Å². The van der Waals surface area contributed by atoms with E-state index in [0.29, 0.717) is 11.3 Å². The Morgan fingerprint density at radius 1 is 1.32 bits per heavy atom. The molecule has 25 heavy (non-hydrogen) atoms. The summed E-state index contributed by atoms with van der Waals surface area (Å²) < 4.78 is 7.16. The third-order valence-electron chi connectivity index (χ3n) is 4.71. The van der Waals surface area contributed by atoms with E-state index in [2.05, 4.69) is 10.1 Å². The Bertz CT molecular complexity index is 898. The number of rotatable bonds is 3. The molecule has 1 fully saturated rings. The zero-order valence-electron chi connectivity index (χ0n) is 14.3. The van der Waals surface area contributed by atoms with Crippen LogP contribution in [0.25, 0.3) is 11.5 Å². The molecule has 1 amide bonds. The maximum Gasteiger partial charge on any atom is 0.256 e. The molecule has 0 unspecified atom stereocenters. The lowest BCUT2D eigenvalue weighted by Gasteiger charge is -2.24. The highest BCUT2D eigenvalue weighted by molar-refractivity contribution is 5.96. The normalized spacial score (nSPS) is 17.2. The summed E-state index contributed by atoms with van der Waals surface area (Å²) in [6, 6.07) is 7.47. The molecule has 3 aromatic heterocycles. The molecule has 1 aliphatic rings. The van der Waals surface area contributed by atoms with Crippen molar-refractivity contribution in [3.05, 3.63) is 59.7 Å². The number of furan rings is 1. The SMILES string of the molecule is Cc1nc(-c2ccco2)ccc1C(=O)N1CCC[C@H]1c1cnn(C)c1. The average molecular weight is 336 g/mol. The molecule has 6 nitrogen and oxygen atoms in total. The molecule has 1 saturated heterocycles. The fourth-order valence-corrected chi connectivity index (χ4v) is 3.47. The summed E-state index contributed by atoms with van der Waals surface area (Å²) in [7, 11) is 1.89. The zero-order valence-corrected chi connectivity index (χ0v) is 14.3. The highest BCUT2D eigenvalue weighted by Crippen LogP contribution is 2.33. The van der Waals surface area contributed by atoms with E-state index in [-0.39, 0.29) is 11.9 Å². The molecular formula is C19H20N4O2. The molecule has 0 aliphatic carbocycles. The number of amides is 1. The number of hydrogen-bond donors (Lipinski definition) is 0. The summed E-state index contributed by atoms with van der Waals surface area (Å²) in [5.41, 5.74) is 3.19. The minimum atomic E-state index is 0.0300. The topological polar surface area (TPSA) is 64.2 Å². The molecule has 6 heteroatoms. The predicted octanol–water partition coefficient (Wildman–Crippen LogP) is 3.36. The summed E-state index contributed by atoms with van der Waals surface area (Å²) in [5, 5.41) is 4.24. The highest BCUT2D eigenvalue weighted by Gasteiger charge is 2.32. The van der Waals surface area contributed by atoms with E-state index in [4.69, 9.17) is 4.42 Å². The minimum absolute atomic E-state index is 0.0300. The second kappa shape index (κ2) is 6.20. The van der Waals surface area contributed by atoms with E-state index in [1.807, 2.05) is 55.5 Å². The van der Waals surface area contributed by atoms with Gasteiger partial charge in [-0.25, -0.2) is 4.98 Å². The summed E-state index contributed by atoms with van der Waals surface area (Å²) in [6.07, 6.45) is 7.42. The largest absolute Gasteiger partial charge is 0.463 e. The third kappa shape index (κ3) is 2.84. The van der Waals surface area contributed by atoms with Crippen molar-refractivity contribution in [2.24, 2.45) is 7.05 Å². The predicted molar refractivity (Wildman–Crippen MR) is 92.9 cm³/mol. The molecule has 1 aliphatic heterocycles. The summed E-state index contributed by atoms with van der Waals surface area (Å²) in [6.45, 7) is 2.63. The van der Waals surface area contributed by atoms with Crippen LogP contribution in [0.4, 0.5) is 0 Å². The number of likely N-dealkylation sites (tertiary alicyclic amines) is 1. The van der Waals surface area contributed by atoms with Crippen LogP contribution in [0.2, 0.25) is 0 Å². The maximum absolute atomic E-state index is 13.1. The fourth-order valence-electron chi connectivity index (χ4n) is 3.47. The van der Waals surface area contributed by atoms with Gasteiger partial charge in [-0.2, -0.15) is 5.10 Å². The van der Waals surface area contributed by atoms with Crippen LogP contribution in [0.5, 0.6) is 0 Å². The van der Waals surface area contributed by atoms with Crippen molar-refractivity contribution < 1.29 is 9.21 Å². The van der Waals surface area contributed by atoms with Gasteiger partial charge >= 0.3 is 0 Å². The third-order valence-corrected chi connectivity index (χ3v) is 4.71. The van der Waals surface area contributed by atoms with Crippen LogP contribution in [0.15, 0.2) is 47.3 Å². The molecule has 128 valence electrons. The van der Waals surface area contributed by atoms with E-state index in [1.54, 1.807) is 10.9 Å². The lowest BCUT2D eigenvalue weighted by Crippen LogP contribution is -2.31. The van der Waals surface area contributed by atoms with Gasteiger partial charge in [0.05, 0.1) is 29.8 Å². The molecule has 0 spiro atoms. The fraction of sp³-hybridized carbons (Fsp3) is 0.316. The number of aryl methyl sites for hydroxylation is 2. The smallest absolute Gasteiger partial charge is 0.256 e. The van der Waals surface area contributed by atoms with Gasteiger partial charge in [0.2, 0.25) is 0 Å². The number of pyridine rings is 1. The van der Waals surface area contributed by atoms with E-state index < -0.39 is 0 Å². The Hall–Kier alpha value is -2.89. The molecule has 0 radical (unpaired) electrons. The zero-order chi connectivity index (χ0) is 17.4. The van der Waals surface area contributed by atoms with Crippen molar-refractivity contribution in [1.29, 1.82) is 0 Å². The van der Waals surface area contributed by atoms with Crippen molar-refractivity contribution in [3.63, 3.8) is 0 Å². The van der Waals surface area contributed by atoms with Crippen LogP contribution >= 0.6 is 0 Å². The Kier molecular flexibility index (Phi) is 3.87. The second-order valence-corrected chi connectivity index (χ2v) is 6.41. The Labute approximate surface area is 146 Å². The first-order valence-corrected chi connectivity index (χ1v) is 8.44. The van der Waals surface area contributed by atoms with Crippen LogP contribution < -0.4 is 0 Å². The lowest BCUT2D eigenvalue weighted by molar-refractivity contribution is 0.0734. The van der Waals surface area contributed by atoms with E-state index in [9.17, 15) is 4.79 Å². The first-order chi connectivity index (χ1) is 12.1.